The molecule has 1 aliphatic rings. The molecule has 0 aliphatic carbocycles. The second-order valence-electron chi connectivity index (χ2n) is 26.5. The fraction of sp³-hybridized carbons (Fsp3) is 0.211. The fourth-order valence-electron chi connectivity index (χ4n) is 11.9. The number of fused-ring (bicyclic) bond motifs is 2. The number of benzene rings is 9. The Morgan fingerprint density at radius 3 is 1.54 bits per heavy atom. The van der Waals surface area contributed by atoms with Gasteiger partial charge in [0.25, 0.3) is 0 Å². The quantitative estimate of drug-likeness (QED) is 0.128. The molecule has 0 spiro atoms. The molecule has 0 amide bonds. The van der Waals surface area contributed by atoms with Crippen LogP contribution >= 0.6 is 0 Å². The first-order valence-electron chi connectivity index (χ1n) is 29.4. The molecule has 0 fully saturated rings. The van der Waals surface area contributed by atoms with Crippen molar-refractivity contribution in [2.45, 2.75) is 105 Å². The molecule has 12 rings (SSSR count). The maximum absolute atomic E-state index is 7.38. The Labute approximate surface area is 508 Å². The Morgan fingerprint density at radius 1 is 0.393 bits per heavy atom. The van der Waals surface area contributed by atoms with Crippen LogP contribution in [0.3, 0.4) is 0 Å². The number of hydrogen-bond donors (Lipinski definition) is 0. The van der Waals surface area contributed by atoms with Crippen LogP contribution in [0.5, 0.6) is 11.6 Å². The molecule has 0 saturated heterocycles. The van der Waals surface area contributed by atoms with E-state index in [0.29, 0.717) is 11.6 Å². The first-order chi connectivity index (χ1) is 40.1. The van der Waals surface area contributed by atoms with Crippen molar-refractivity contribution in [3.8, 4) is 56.4 Å². The summed E-state index contributed by atoms with van der Waals surface area (Å²) in [5.41, 5.74) is 20.2. The fourth-order valence-corrected chi connectivity index (χ4v) is 13.0. The van der Waals surface area contributed by atoms with Crippen LogP contribution in [0.2, 0.25) is 0 Å². The maximum atomic E-state index is 7.38. The summed E-state index contributed by atoms with van der Waals surface area (Å²) in [6.45, 7) is 27.6. The van der Waals surface area contributed by atoms with E-state index < -0.39 is 0 Å². The minimum absolute atomic E-state index is 0.0816. The third-order valence-corrected chi connectivity index (χ3v) is 17.4. The normalized spacial score (nSPS) is 13.0. The number of nitrogens with zero attached hydrogens (tertiary/aromatic N) is 5. The zero-order valence-electron chi connectivity index (χ0n) is 50.5. The first-order valence-corrected chi connectivity index (χ1v) is 30.5. The number of hydrogen-bond acceptors (Lipinski definition) is 4. The summed E-state index contributed by atoms with van der Waals surface area (Å²) in [7, 11) is 0. The molecule has 8 heteroatoms. The summed E-state index contributed by atoms with van der Waals surface area (Å²) in [4.78, 5) is 10.2. The summed E-state index contributed by atoms with van der Waals surface area (Å²) in [5, 5.41) is 0. The Morgan fingerprint density at radius 2 is 0.917 bits per heavy atom. The topological polar surface area (TPSA) is 38.5 Å². The monoisotopic (exact) mass is 1280 g/mol. The van der Waals surface area contributed by atoms with Gasteiger partial charge >= 0.3 is 427 Å². The third kappa shape index (κ3) is 10.6. The summed E-state index contributed by atoms with van der Waals surface area (Å²) < 4.78 is 13.3. The zero-order chi connectivity index (χ0) is 58.9. The van der Waals surface area contributed by atoms with E-state index in [0.717, 1.165) is 71.2 Å². The summed E-state index contributed by atoms with van der Waals surface area (Å²) >= 11 is 2.59. The van der Waals surface area contributed by atoms with Gasteiger partial charge < -0.3 is 0 Å². The van der Waals surface area contributed by atoms with E-state index in [9.17, 15) is 0 Å². The molecule has 2 aromatic heterocycles. The number of rotatable bonds is 10. The molecule has 9 aromatic carbocycles. The number of para-hydroxylation sites is 5. The second kappa shape index (κ2) is 21.7. The van der Waals surface area contributed by atoms with E-state index in [1.165, 1.54) is 38.9 Å². The predicted molar refractivity (Wildman–Crippen MR) is 350 cm³/mol. The SMILES string of the molecule is CC(C)(C)c1cc(-c2cc(C(C)(C)C)cc(-c3ccccc3)c2-n2[c](=[Pt])n(-c3ccc(-c4ccccc4C(C)(C)C)c(Oc4cccc(N5B(c6ccccc6)N(c6ccccc6)c6ccccc65)n4)c3)c3ccccc32)cc(C(C)(C)C)c1. The number of ether oxygens (including phenoxy) is 1. The molecule has 1 aliphatic heterocycles. The average Bonchev–Trinajstić information content (AvgIpc) is 2.99. The van der Waals surface area contributed by atoms with E-state index >= 15 is 0 Å². The van der Waals surface area contributed by atoms with Gasteiger partial charge in [0, 0.05) is 5.69 Å². The van der Waals surface area contributed by atoms with E-state index in [2.05, 4.69) is 346 Å². The van der Waals surface area contributed by atoms with Gasteiger partial charge in [-0.2, -0.15) is 0 Å². The molecule has 3 heterocycles. The van der Waals surface area contributed by atoms with Crippen LogP contribution in [0.4, 0.5) is 22.9 Å². The van der Waals surface area contributed by atoms with Crippen LogP contribution in [0.25, 0.3) is 55.8 Å². The Hall–Kier alpha value is -8.25. The van der Waals surface area contributed by atoms with E-state index in [1.54, 1.807) is 0 Å². The molecule has 0 bridgehead atoms. The van der Waals surface area contributed by atoms with Gasteiger partial charge in [-0.25, -0.2) is 0 Å². The van der Waals surface area contributed by atoms with Crippen LogP contribution in [0, 0.1) is 3.80 Å². The van der Waals surface area contributed by atoms with Crippen molar-refractivity contribution in [3.63, 3.8) is 0 Å². The molecule has 6 nitrogen and oxygen atoms in total. The van der Waals surface area contributed by atoms with Gasteiger partial charge in [0.1, 0.15) is 0 Å². The standard InChI is InChI=1S/C76H74BN5O.Pt/c1-73(2,3)54-45-53(46-55(47-54)74(4,5)6)63-49-56(75(7,8)9)48-62(52-29-16-13-17-30-52)72(63)80-51-79(65-37-24-25-38-66(65)80)59-43-44-61(60-35-22-23-36-64(60)76(10,11)12)69(50-59)83-71-42-28-41-70(78-71)82-68-40-27-26-39-67(68)81(58-33-20-15-21-34-58)77(82)57-31-18-14-19-32-57;/h13-50H,1-12H3;. The number of aromatic nitrogens is 3. The minimum atomic E-state index is -0.224. The molecule has 422 valence electrons. The molecule has 0 N–H and O–H groups in total. The third-order valence-electron chi connectivity index (χ3n) is 16.4. The molecule has 11 aromatic rings. The molecular weight excluding hydrogens is 1200 g/mol. The van der Waals surface area contributed by atoms with Gasteiger partial charge in [-0.05, 0) is 18.2 Å². The van der Waals surface area contributed by atoms with E-state index in [4.69, 9.17) is 9.72 Å². The van der Waals surface area contributed by atoms with Crippen molar-refractivity contribution >= 4 is 46.4 Å². The Kier molecular flexibility index (Phi) is 14.6. The summed E-state index contributed by atoms with van der Waals surface area (Å²) in [5.74, 6) is 1.97. The summed E-state index contributed by atoms with van der Waals surface area (Å²) in [6, 6.07) is 83.7. The second-order valence-corrected chi connectivity index (χ2v) is 27.5. The van der Waals surface area contributed by atoms with Gasteiger partial charge in [0.15, 0.2) is 0 Å². The Balaban J connectivity index is 1.08. The van der Waals surface area contributed by atoms with Crippen molar-refractivity contribution in [2.75, 3.05) is 9.62 Å². The van der Waals surface area contributed by atoms with Crippen LogP contribution in [0.1, 0.15) is 105 Å². The zero-order valence-corrected chi connectivity index (χ0v) is 52.7. The van der Waals surface area contributed by atoms with Crippen LogP contribution in [-0.2, 0) is 41.0 Å². The van der Waals surface area contributed by atoms with Crippen molar-refractivity contribution in [3.05, 3.63) is 257 Å². The molecule has 0 atom stereocenters. The van der Waals surface area contributed by atoms with Gasteiger partial charge in [-0.3, -0.25) is 0 Å². The molecule has 0 saturated carbocycles. The van der Waals surface area contributed by atoms with Gasteiger partial charge in [0.05, 0.1) is 0 Å². The number of imidazole rings is 1. The first kappa shape index (κ1) is 56.2. The number of pyridine rings is 1. The van der Waals surface area contributed by atoms with Gasteiger partial charge in [0.2, 0.25) is 0 Å². The van der Waals surface area contributed by atoms with E-state index in [-0.39, 0.29) is 28.6 Å². The van der Waals surface area contributed by atoms with Crippen molar-refractivity contribution in [1.29, 1.82) is 0 Å². The van der Waals surface area contributed by atoms with Crippen molar-refractivity contribution < 1.29 is 24.1 Å². The summed E-state index contributed by atoms with van der Waals surface area (Å²) in [6.07, 6.45) is 0. The van der Waals surface area contributed by atoms with Gasteiger partial charge in [-0.1, -0.05) is 60.7 Å². The van der Waals surface area contributed by atoms with Crippen molar-refractivity contribution in [1.82, 2.24) is 14.1 Å². The predicted octanol–water partition coefficient (Wildman–Crippen LogP) is 19.6. The van der Waals surface area contributed by atoms with Gasteiger partial charge in [-0.15, -0.1) is 0 Å². The van der Waals surface area contributed by atoms with Crippen molar-refractivity contribution in [2.24, 2.45) is 0 Å². The molecule has 0 unspecified atom stereocenters. The molecule has 84 heavy (non-hydrogen) atoms. The van der Waals surface area contributed by atoms with E-state index in [1.807, 2.05) is 6.07 Å². The molecule has 0 radical (unpaired) electrons. The van der Waals surface area contributed by atoms with Crippen LogP contribution in [0.15, 0.2) is 231 Å². The van der Waals surface area contributed by atoms with Crippen LogP contribution < -0.4 is 19.8 Å². The van der Waals surface area contributed by atoms with Crippen LogP contribution in [-0.4, -0.2) is 21.1 Å². The average molecular weight is 1280 g/mol. The molecular formula is C76H74BN5OPt. The number of anilines is 4. The Bertz CT molecular complexity index is 4280.